The van der Waals surface area contributed by atoms with E-state index in [0.717, 1.165) is 60.6 Å². The summed E-state index contributed by atoms with van der Waals surface area (Å²) in [5, 5.41) is 6.39. The summed E-state index contributed by atoms with van der Waals surface area (Å²) >= 11 is 14.3. The number of aryl methyl sites for hydroxylation is 1. The zero-order valence-corrected chi connectivity index (χ0v) is 23.3. The fourth-order valence-electron chi connectivity index (χ4n) is 5.30. The Morgan fingerprint density at radius 1 is 0.868 bits per heavy atom. The largest absolute Gasteiger partial charge is 0.369 e. The molecule has 1 unspecified atom stereocenters. The van der Waals surface area contributed by atoms with Crippen molar-refractivity contribution < 1.29 is 0 Å². The number of hydrogen-bond acceptors (Lipinski definition) is 5. The molecule has 0 radical (unpaired) electrons. The molecule has 4 aromatic rings. The molecule has 3 aromatic carbocycles. The minimum Gasteiger partial charge on any atom is -0.369 e. The van der Waals surface area contributed by atoms with E-state index < -0.39 is 0 Å². The highest BCUT2D eigenvalue weighted by Gasteiger charge is 2.27. The molecule has 9 heteroatoms. The van der Waals surface area contributed by atoms with Crippen molar-refractivity contribution in [2.45, 2.75) is 29.5 Å². The molecule has 2 aliphatic heterocycles. The number of piperazine rings is 1. The molecule has 0 saturated carbocycles. The van der Waals surface area contributed by atoms with Crippen LogP contribution in [-0.4, -0.2) is 52.0 Å². The van der Waals surface area contributed by atoms with E-state index >= 15 is 0 Å². The van der Waals surface area contributed by atoms with Gasteiger partial charge in [0.25, 0.3) is 0 Å². The van der Waals surface area contributed by atoms with Gasteiger partial charge in [-0.1, -0.05) is 59.6 Å². The second-order valence-electron chi connectivity index (χ2n) is 9.75. The lowest BCUT2D eigenvalue weighted by Gasteiger charge is -2.36. The van der Waals surface area contributed by atoms with Gasteiger partial charge in [0, 0.05) is 71.6 Å². The SMILES string of the molecule is O=c1n(CCCN2CCN(c3cccc(Cl)c3)CC2)nc2n1-c1cc(Cl)ccc1SC(c1ccccc1)C2. The highest BCUT2D eigenvalue weighted by molar-refractivity contribution is 7.99. The molecule has 0 bridgehead atoms. The van der Waals surface area contributed by atoms with Crippen LogP contribution in [-0.2, 0) is 13.0 Å². The molecule has 0 N–H and O–H groups in total. The first kappa shape index (κ1) is 25.6. The van der Waals surface area contributed by atoms with Crippen molar-refractivity contribution >= 4 is 40.7 Å². The lowest BCUT2D eigenvalue weighted by Crippen LogP contribution is -2.46. The summed E-state index contributed by atoms with van der Waals surface area (Å²) in [6, 6.07) is 24.3. The van der Waals surface area contributed by atoms with E-state index in [0.29, 0.717) is 18.0 Å². The van der Waals surface area contributed by atoms with Gasteiger partial charge in [0.05, 0.1) is 5.69 Å². The number of fused-ring (bicyclic) bond motifs is 3. The van der Waals surface area contributed by atoms with Crippen molar-refractivity contribution in [2.75, 3.05) is 37.6 Å². The lowest BCUT2D eigenvalue weighted by atomic mass is 10.1. The molecule has 0 spiro atoms. The number of rotatable bonds is 6. The zero-order valence-electron chi connectivity index (χ0n) is 21.0. The first-order valence-electron chi connectivity index (χ1n) is 13.0. The molecule has 1 fully saturated rings. The first-order valence-corrected chi connectivity index (χ1v) is 14.6. The van der Waals surface area contributed by atoms with Crippen LogP contribution in [0.3, 0.4) is 0 Å². The number of nitrogens with zero attached hydrogens (tertiary/aromatic N) is 5. The van der Waals surface area contributed by atoms with Crippen LogP contribution in [0.5, 0.6) is 0 Å². The summed E-state index contributed by atoms with van der Waals surface area (Å²) in [5.74, 6) is 0.785. The molecule has 0 aliphatic carbocycles. The topological polar surface area (TPSA) is 46.3 Å². The monoisotopic (exact) mass is 565 g/mol. The molecule has 1 aromatic heterocycles. The van der Waals surface area contributed by atoms with Gasteiger partial charge < -0.3 is 4.90 Å². The summed E-state index contributed by atoms with van der Waals surface area (Å²) in [7, 11) is 0. The fraction of sp³-hybridized carbons (Fsp3) is 0.310. The summed E-state index contributed by atoms with van der Waals surface area (Å²) < 4.78 is 3.40. The highest BCUT2D eigenvalue weighted by atomic mass is 35.5. The Morgan fingerprint density at radius 3 is 2.45 bits per heavy atom. The van der Waals surface area contributed by atoms with Crippen molar-refractivity contribution in [1.29, 1.82) is 0 Å². The Morgan fingerprint density at radius 2 is 1.66 bits per heavy atom. The lowest BCUT2D eigenvalue weighted by molar-refractivity contribution is 0.248. The van der Waals surface area contributed by atoms with Gasteiger partial charge in [-0.15, -0.1) is 11.8 Å². The van der Waals surface area contributed by atoms with Crippen molar-refractivity contribution in [3.63, 3.8) is 0 Å². The fourth-order valence-corrected chi connectivity index (χ4v) is 6.90. The summed E-state index contributed by atoms with van der Waals surface area (Å²) in [5.41, 5.74) is 3.13. The highest BCUT2D eigenvalue weighted by Crippen LogP contribution is 2.43. The normalized spacial score (nSPS) is 17.6. The smallest absolute Gasteiger partial charge is 0.350 e. The van der Waals surface area contributed by atoms with Gasteiger partial charge in [0.15, 0.2) is 0 Å². The van der Waals surface area contributed by atoms with Crippen LogP contribution in [0, 0.1) is 0 Å². The third-order valence-electron chi connectivity index (χ3n) is 7.27. The molecule has 6 nitrogen and oxygen atoms in total. The van der Waals surface area contributed by atoms with Crippen LogP contribution in [0.15, 0.2) is 82.5 Å². The molecular weight excluding hydrogens is 537 g/mol. The standard InChI is InChI=1S/C29H29Cl2N5OS/c30-22-8-4-9-24(18-22)34-16-14-33(15-17-34)12-5-13-35-29(37)36-25-19-23(31)10-11-26(25)38-27(20-28(36)32-35)21-6-2-1-3-7-21/h1-4,6-11,18-19,27H,5,12-17,20H2. The molecule has 6 rings (SSSR count). The Bertz CT molecular complexity index is 1480. The van der Waals surface area contributed by atoms with Gasteiger partial charge in [-0.2, -0.15) is 5.10 Å². The van der Waals surface area contributed by atoms with Gasteiger partial charge >= 0.3 is 5.69 Å². The van der Waals surface area contributed by atoms with E-state index in [-0.39, 0.29) is 10.9 Å². The van der Waals surface area contributed by atoms with Gasteiger partial charge in [0.2, 0.25) is 0 Å². The summed E-state index contributed by atoms with van der Waals surface area (Å²) in [4.78, 5) is 19.5. The number of benzene rings is 3. The number of hydrogen-bond donors (Lipinski definition) is 0. The number of anilines is 1. The maximum atomic E-state index is 13.6. The van der Waals surface area contributed by atoms with Crippen LogP contribution in [0.2, 0.25) is 10.0 Å². The van der Waals surface area contributed by atoms with E-state index in [1.54, 1.807) is 21.0 Å². The Labute approximate surface area is 236 Å². The third kappa shape index (κ3) is 5.38. The second-order valence-corrected chi connectivity index (χ2v) is 11.9. The maximum Gasteiger partial charge on any atom is 0.350 e. The van der Waals surface area contributed by atoms with Crippen LogP contribution < -0.4 is 10.6 Å². The number of aromatic nitrogens is 3. The maximum absolute atomic E-state index is 13.6. The molecule has 1 atom stereocenters. The minimum absolute atomic E-state index is 0.0939. The van der Waals surface area contributed by atoms with E-state index in [9.17, 15) is 4.79 Å². The molecule has 0 amide bonds. The molecule has 38 heavy (non-hydrogen) atoms. The summed E-state index contributed by atoms with van der Waals surface area (Å²) in [6.07, 6.45) is 1.54. The number of thioether (sulfide) groups is 1. The van der Waals surface area contributed by atoms with Crippen molar-refractivity contribution in [3.8, 4) is 5.69 Å². The first-order chi connectivity index (χ1) is 18.5. The quantitative estimate of drug-likeness (QED) is 0.289. The summed E-state index contributed by atoms with van der Waals surface area (Å²) in [6.45, 7) is 5.44. The van der Waals surface area contributed by atoms with Gasteiger partial charge in [-0.05, 0) is 48.4 Å². The van der Waals surface area contributed by atoms with Gasteiger partial charge in [0.1, 0.15) is 5.82 Å². The average Bonchev–Trinajstić information content (AvgIpc) is 3.14. The van der Waals surface area contributed by atoms with Crippen LogP contribution >= 0.6 is 35.0 Å². The predicted octanol–water partition coefficient (Wildman–Crippen LogP) is 5.94. The van der Waals surface area contributed by atoms with Crippen LogP contribution in [0.25, 0.3) is 5.69 Å². The molecule has 3 heterocycles. The Kier molecular flexibility index (Phi) is 7.52. The zero-order chi connectivity index (χ0) is 26.1. The van der Waals surface area contributed by atoms with Crippen molar-refractivity contribution in [1.82, 2.24) is 19.2 Å². The second kappa shape index (κ2) is 11.2. The van der Waals surface area contributed by atoms with Gasteiger partial charge in [-0.3, -0.25) is 4.90 Å². The van der Waals surface area contributed by atoms with Crippen LogP contribution in [0.1, 0.15) is 23.1 Å². The molecular formula is C29H29Cl2N5OS. The van der Waals surface area contributed by atoms with Crippen LogP contribution in [0.4, 0.5) is 5.69 Å². The minimum atomic E-state index is -0.0939. The molecule has 1 saturated heterocycles. The van der Waals surface area contributed by atoms with Crippen molar-refractivity contribution in [3.05, 3.63) is 105 Å². The Balaban J connectivity index is 1.15. The molecule has 2 aliphatic rings. The van der Waals surface area contributed by atoms with E-state index in [4.69, 9.17) is 28.3 Å². The molecule has 196 valence electrons. The van der Waals surface area contributed by atoms with E-state index in [2.05, 4.69) is 40.1 Å². The number of halogens is 2. The van der Waals surface area contributed by atoms with E-state index in [1.165, 1.54) is 11.3 Å². The predicted molar refractivity (Wildman–Crippen MR) is 156 cm³/mol. The Hall–Kier alpha value is -2.71. The van der Waals surface area contributed by atoms with Gasteiger partial charge in [-0.25, -0.2) is 14.0 Å². The van der Waals surface area contributed by atoms with E-state index in [1.807, 2.05) is 42.5 Å². The van der Waals surface area contributed by atoms with Crippen molar-refractivity contribution in [2.24, 2.45) is 0 Å². The average molecular weight is 567 g/mol. The third-order valence-corrected chi connectivity index (χ3v) is 9.06.